The third-order valence-electron chi connectivity index (χ3n) is 3.92. The molecule has 106 valence electrons. The fourth-order valence-electron chi connectivity index (χ4n) is 2.63. The van der Waals surface area contributed by atoms with Crippen molar-refractivity contribution in [2.24, 2.45) is 0 Å². The molecule has 0 aliphatic carbocycles. The van der Waals surface area contributed by atoms with Crippen molar-refractivity contribution in [3.63, 3.8) is 0 Å². The van der Waals surface area contributed by atoms with E-state index in [0.717, 1.165) is 13.0 Å². The van der Waals surface area contributed by atoms with Gasteiger partial charge < -0.3 is 4.90 Å². The van der Waals surface area contributed by atoms with E-state index < -0.39 is 0 Å². The van der Waals surface area contributed by atoms with Crippen molar-refractivity contribution in [2.45, 2.75) is 25.7 Å². The SMILES string of the molecule is Cc1ccccc1CC(CCN(C)C)c1ccccc1. The maximum atomic E-state index is 2.27. The summed E-state index contributed by atoms with van der Waals surface area (Å²) in [5.41, 5.74) is 4.33. The first-order chi connectivity index (χ1) is 9.66. The maximum Gasteiger partial charge on any atom is -0.00189 e. The van der Waals surface area contributed by atoms with E-state index in [4.69, 9.17) is 0 Å². The zero-order valence-electron chi connectivity index (χ0n) is 12.8. The molecule has 1 unspecified atom stereocenters. The predicted octanol–water partition coefficient (Wildman–Crippen LogP) is 4.27. The summed E-state index contributed by atoms with van der Waals surface area (Å²) in [5.74, 6) is 0.597. The highest BCUT2D eigenvalue weighted by Crippen LogP contribution is 2.25. The van der Waals surface area contributed by atoms with E-state index in [1.807, 2.05) is 0 Å². The monoisotopic (exact) mass is 267 g/mol. The average molecular weight is 267 g/mol. The molecule has 1 nitrogen and oxygen atoms in total. The molecule has 1 heteroatoms. The Balaban J connectivity index is 2.16. The number of benzene rings is 2. The van der Waals surface area contributed by atoms with Crippen molar-refractivity contribution < 1.29 is 0 Å². The van der Waals surface area contributed by atoms with Crippen LogP contribution in [0.4, 0.5) is 0 Å². The Kier molecular flexibility index (Phi) is 5.37. The second-order valence-electron chi connectivity index (χ2n) is 5.83. The topological polar surface area (TPSA) is 3.24 Å². The van der Waals surface area contributed by atoms with Crippen molar-refractivity contribution in [1.82, 2.24) is 4.90 Å². The van der Waals surface area contributed by atoms with Gasteiger partial charge in [-0.2, -0.15) is 0 Å². The largest absolute Gasteiger partial charge is 0.309 e. The Morgan fingerprint density at radius 2 is 1.55 bits per heavy atom. The van der Waals surface area contributed by atoms with Crippen LogP contribution < -0.4 is 0 Å². The highest BCUT2D eigenvalue weighted by atomic mass is 15.0. The third-order valence-corrected chi connectivity index (χ3v) is 3.92. The molecule has 0 amide bonds. The minimum Gasteiger partial charge on any atom is -0.309 e. The molecule has 0 bridgehead atoms. The van der Waals surface area contributed by atoms with Crippen LogP contribution in [-0.2, 0) is 6.42 Å². The van der Waals surface area contributed by atoms with Gasteiger partial charge in [-0.05, 0) is 63.0 Å². The number of nitrogens with zero attached hydrogens (tertiary/aromatic N) is 1. The molecular formula is C19H25N. The average Bonchev–Trinajstić information content (AvgIpc) is 2.46. The molecule has 0 heterocycles. The first-order valence-electron chi connectivity index (χ1n) is 7.41. The second-order valence-corrected chi connectivity index (χ2v) is 5.83. The van der Waals surface area contributed by atoms with Crippen molar-refractivity contribution in [1.29, 1.82) is 0 Å². The lowest BCUT2D eigenvalue weighted by Gasteiger charge is -2.21. The Labute approximate surface area is 123 Å². The van der Waals surface area contributed by atoms with Crippen LogP contribution in [0, 0.1) is 6.92 Å². The van der Waals surface area contributed by atoms with Gasteiger partial charge in [0.2, 0.25) is 0 Å². The highest BCUT2D eigenvalue weighted by molar-refractivity contribution is 5.29. The zero-order valence-corrected chi connectivity index (χ0v) is 12.8. The maximum absolute atomic E-state index is 2.27. The van der Waals surface area contributed by atoms with Crippen LogP contribution in [0.25, 0.3) is 0 Å². The van der Waals surface area contributed by atoms with Crippen LogP contribution in [-0.4, -0.2) is 25.5 Å². The smallest absolute Gasteiger partial charge is 0.00189 e. The summed E-state index contributed by atoms with van der Waals surface area (Å²) in [6.07, 6.45) is 2.33. The minimum absolute atomic E-state index is 0.597. The normalized spacial score (nSPS) is 12.6. The number of rotatable bonds is 6. The van der Waals surface area contributed by atoms with Crippen molar-refractivity contribution in [2.75, 3.05) is 20.6 Å². The molecule has 2 aromatic rings. The summed E-state index contributed by atoms with van der Waals surface area (Å²) in [6, 6.07) is 19.7. The third kappa shape index (κ3) is 4.21. The number of hydrogen-bond acceptors (Lipinski definition) is 1. The lowest BCUT2D eigenvalue weighted by molar-refractivity contribution is 0.379. The fraction of sp³-hybridized carbons (Fsp3) is 0.368. The van der Waals surface area contributed by atoms with Gasteiger partial charge in [-0.3, -0.25) is 0 Å². The molecule has 0 fully saturated rings. The lowest BCUT2D eigenvalue weighted by atomic mass is 9.88. The van der Waals surface area contributed by atoms with E-state index >= 15 is 0 Å². The summed E-state index contributed by atoms with van der Waals surface area (Å²) < 4.78 is 0. The summed E-state index contributed by atoms with van der Waals surface area (Å²) in [4.78, 5) is 2.27. The van der Waals surface area contributed by atoms with Crippen LogP contribution in [0.15, 0.2) is 54.6 Å². The van der Waals surface area contributed by atoms with Gasteiger partial charge in [0.25, 0.3) is 0 Å². The second kappa shape index (κ2) is 7.25. The van der Waals surface area contributed by atoms with Gasteiger partial charge in [-0.1, -0.05) is 54.6 Å². The van der Waals surface area contributed by atoms with Gasteiger partial charge in [0, 0.05) is 0 Å². The Morgan fingerprint density at radius 1 is 0.900 bits per heavy atom. The van der Waals surface area contributed by atoms with Crippen LogP contribution in [0.2, 0.25) is 0 Å². The van der Waals surface area contributed by atoms with E-state index in [-0.39, 0.29) is 0 Å². The first kappa shape index (κ1) is 14.8. The molecule has 0 aliphatic rings. The number of aryl methyl sites for hydroxylation is 1. The van der Waals surface area contributed by atoms with Gasteiger partial charge in [0.15, 0.2) is 0 Å². The molecule has 20 heavy (non-hydrogen) atoms. The van der Waals surface area contributed by atoms with E-state index in [0.29, 0.717) is 5.92 Å². The minimum atomic E-state index is 0.597. The fourth-order valence-corrected chi connectivity index (χ4v) is 2.63. The van der Waals surface area contributed by atoms with Crippen LogP contribution in [0.3, 0.4) is 0 Å². The van der Waals surface area contributed by atoms with E-state index in [2.05, 4.69) is 80.5 Å². The first-order valence-corrected chi connectivity index (χ1v) is 7.41. The molecule has 2 rings (SSSR count). The molecule has 1 atom stereocenters. The molecule has 0 saturated carbocycles. The summed E-state index contributed by atoms with van der Waals surface area (Å²) in [5, 5.41) is 0. The lowest BCUT2D eigenvalue weighted by Crippen LogP contribution is -2.17. The van der Waals surface area contributed by atoms with Crippen LogP contribution in [0.5, 0.6) is 0 Å². The van der Waals surface area contributed by atoms with Crippen molar-refractivity contribution >= 4 is 0 Å². The van der Waals surface area contributed by atoms with Crippen molar-refractivity contribution in [3.05, 3.63) is 71.3 Å². The van der Waals surface area contributed by atoms with E-state index in [1.165, 1.54) is 23.1 Å². The van der Waals surface area contributed by atoms with E-state index in [9.17, 15) is 0 Å². The molecule has 0 N–H and O–H groups in total. The standard InChI is InChI=1S/C19H25N/c1-16-9-7-8-12-18(16)15-19(13-14-20(2)3)17-10-5-4-6-11-17/h4-12,19H,13-15H2,1-3H3. The van der Waals surface area contributed by atoms with Gasteiger partial charge >= 0.3 is 0 Å². The predicted molar refractivity (Wildman–Crippen MR) is 87.2 cm³/mol. The number of hydrogen-bond donors (Lipinski definition) is 0. The molecule has 0 aliphatic heterocycles. The van der Waals surface area contributed by atoms with Gasteiger partial charge in [-0.15, -0.1) is 0 Å². The highest BCUT2D eigenvalue weighted by Gasteiger charge is 2.13. The van der Waals surface area contributed by atoms with Crippen LogP contribution in [0.1, 0.15) is 29.0 Å². The zero-order chi connectivity index (χ0) is 14.4. The van der Waals surface area contributed by atoms with Gasteiger partial charge in [0.05, 0.1) is 0 Å². The van der Waals surface area contributed by atoms with Crippen molar-refractivity contribution in [3.8, 4) is 0 Å². The van der Waals surface area contributed by atoms with Crippen LogP contribution >= 0.6 is 0 Å². The summed E-state index contributed by atoms with van der Waals surface area (Å²) >= 11 is 0. The Bertz CT molecular complexity index is 516. The molecule has 0 spiro atoms. The van der Waals surface area contributed by atoms with Gasteiger partial charge in [-0.25, -0.2) is 0 Å². The van der Waals surface area contributed by atoms with Gasteiger partial charge in [0.1, 0.15) is 0 Å². The Hall–Kier alpha value is -1.60. The molecule has 2 aromatic carbocycles. The summed E-state index contributed by atoms with van der Waals surface area (Å²) in [6.45, 7) is 3.34. The molecule has 0 saturated heterocycles. The van der Waals surface area contributed by atoms with E-state index in [1.54, 1.807) is 0 Å². The molecule has 0 aromatic heterocycles. The molecular weight excluding hydrogens is 242 g/mol. The summed E-state index contributed by atoms with van der Waals surface area (Å²) in [7, 11) is 4.30. The Morgan fingerprint density at radius 3 is 2.20 bits per heavy atom. The quantitative estimate of drug-likeness (QED) is 0.755. The molecule has 0 radical (unpaired) electrons.